The fraction of sp³-hybridized carbons (Fsp3) is 0.333. The van der Waals surface area contributed by atoms with Crippen molar-refractivity contribution in [2.75, 3.05) is 5.32 Å². The number of aromatic nitrogens is 2. The average molecular weight is 366 g/mol. The Balaban J connectivity index is 2.28. The number of terminal acetylenes is 1. The third-order valence-corrected chi connectivity index (χ3v) is 4.77. The van der Waals surface area contributed by atoms with Crippen LogP contribution in [0.5, 0.6) is 0 Å². The molecule has 1 N–H and O–H groups in total. The van der Waals surface area contributed by atoms with Gasteiger partial charge in [0.2, 0.25) is 0 Å². The molecule has 6 heteroatoms. The van der Waals surface area contributed by atoms with Crippen molar-refractivity contribution < 1.29 is 0 Å². The van der Waals surface area contributed by atoms with Crippen molar-refractivity contribution in [1.82, 2.24) is 9.78 Å². The van der Waals surface area contributed by atoms with Crippen LogP contribution in [0.2, 0.25) is 0 Å². The molecule has 0 spiro atoms. The highest BCUT2D eigenvalue weighted by atomic mass is 79.9. The largest absolute Gasteiger partial charge is 0.375 e. The summed E-state index contributed by atoms with van der Waals surface area (Å²) in [5.41, 5.74) is 0.472. The molecule has 0 amide bonds. The van der Waals surface area contributed by atoms with E-state index in [1.165, 1.54) is 9.56 Å². The number of nitrogens with zero attached hydrogens (tertiary/aromatic N) is 2. The van der Waals surface area contributed by atoms with Crippen molar-refractivity contribution in [3.63, 3.8) is 0 Å². The molecule has 0 aliphatic carbocycles. The predicted octanol–water partition coefficient (Wildman–Crippen LogP) is 3.65. The maximum Gasteiger partial charge on any atom is 0.284 e. The Bertz CT molecular complexity index is 688. The van der Waals surface area contributed by atoms with Gasteiger partial charge in [-0.2, -0.15) is 5.10 Å². The molecular weight excluding hydrogens is 350 g/mol. The topological polar surface area (TPSA) is 46.9 Å². The summed E-state index contributed by atoms with van der Waals surface area (Å²) in [6, 6.07) is 4.30. The third-order valence-electron chi connectivity index (χ3n) is 3.02. The number of thiophene rings is 1. The quantitative estimate of drug-likeness (QED) is 0.794. The van der Waals surface area contributed by atoms with E-state index in [4.69, 9.17) is 6.42 Å². The van der Waals surface area contributed by atoms with E-state index in [2.05, 4.69) is 50.6 Å². The molecule has 0 radical (unpaired) electrons. The van der Waals surface area contributed by atoms with E-state index in [0.29, 0.717) is 10.2 Å². The minimum atomic E-state index is -0.223. The van der Waals surface area contributed by atoms with Crippen LogP contribution in [0.1, 0.15) is 30.7 Å². The Morgan fingerprint density at radius 1 is 1.62 bits per heavy atom. The van der Waals surface area contributed by atoms with Crippen LogP contribution in [0.15, 0.2) is 33.0 Å². The van der Waals surface area contributed by atoms with Gasteiger partial charge in [-0.1, -0.05) is 25.3 Å². The summed E-state index contributed by atoms with van der Waals surface area (Å²) >= 11 is 5.05. The first kappa shape index (κ1) is 15.8. The third kappa shape index (κ3) is 3.74. The Morgan fingerprint density at radius 3 is 3.05 bits per heavy atom. The number of anilines is 1. The molecule has 2 aromatic heterocycles. The zero-order chi connectivity index (χ0) is 15.2. The average Bonchev–Trinajstić information content (AvgIpc) is 3.00. The second-order valence-corrected chi connectivity index (χ2v) is 6.31. The molecule has 2 aromatic rings. The van der Waals surface area contributed by atoms with E-state index in [0.717, 1.165) is 12.8 Å². The Hall–Kier alpha value is -1.58. The van der Waals surface area contributed by atoms with E-state index in [-0.39, 0.29) is 18.1 Å². The molecule has 0 aliphatic heterocycles. The van der Waals surface area contributed by atoms with Gasteiger partial charge in [-0.25, -0.2) is 4.68 Å². The van der Waals surface area contributed by atoms with Gasteiger partial charge in [0.05, 0.1) is 17.9 Å². The summed E-state index contributed by atoms with van der Waals surface area (Å²) in [5, 5.41) is 9.55. The van der Waals surface area contributed by atoms with Crippen molar-refractivity contribution in [2.45, 2.75) is 32.4 Å². The lowest BCUT2D eigenvalue weighted by molar-refractivity contribution is 0.651. The smallest absolute Gasteiger partial charge is 0.284 e. The van der Waals surface area contributed by atoms with Crippen molar-refractivity contribution in [1.29, 1.82) is 0 Å². The first-order valence-corrected chi connectivity index (χ1v) is 8.33. The summed E-state index contributed by atoms with van der Waals surface area (Å²) in [5.74, 6) is 2.42. The monoisotopic (exact) mass is 365 g/mol. The van der Waals surface area contributed by atoms with Gasteiger partial charge < -0.3 is 5.32 Å². The number of nitrogens with one attached hydrogen (secondary N) is 1. The molecule has 0 aromatic carbocycles. The lowest BCUT2D eigenvalue weighted by Gasteiger charge is -2.19. The Morgan fingerprint density at radius 2 is 2.43 bits per heavy atom. The molecule has 0 bridgehead atoms. The lowest BCUT2D eigenvalue weighted by atomic mass is 10.1. The van der Waals surface area contributed by atoms with Gasteiger partial charge in [-0.15, -0.1) is 17.8 Å². The molecule has 0 saturated carbocycles. The SMILES string of the molecule is C#CCn1ncc(NC(CCC)c2cccs2)c(Br)c1=O. The summed E-state index contributed by atoms with van der Waals surface area (Å²) in [6.45, 7) is 2.31. The van der Waals surface area contributed by atoms with E-state index in [9.17, 15) is 4.79 Å². The van der Waals surface area contributed by atoms with Crippen LogP contribution in [0.25, 0.3) is 0 Å². The van der Waals surface area contributed by atoms with Crippen LogP contribution in [-0.4, -0.2) is 9.78 Å². The van der Waals surface area contributed by atoms with Gasteiger partial charge in [-0.05, 0) is 33.8 Å². The van der Waals surface area contributed by atoms with Crippen molar-refractivity contribution in [3.05, 3.63) is 43.4 Å². The number of rotatable bonds is 6. The summed E-state index contributed by atoms with van der Waals surface area (Å²) < 4.78 is 1.72. The van der Waals surface area contributed by atoms with E-state index in [1.807, 2.05) is 6.07 Å². The number of hydrogen-bond donors (Lipinski definition) is 1. The molecular formula is C15H16BrN3OS. The van der Waals surface area contributed by atoms with Gasteiger partial charge in [-0.3, -0.25) is 4.79 Å². The maximum absolute atomic E-state index is 12.1. The van der Waals surface area contributed by atoms with Crippen LogP contribution in [-0.2, 0) is 6.54 Å². The predicted molar refractivity (Wildman–Crippen MR) is 90.6 cm³/mol. The Kier molecular flexibility index (Phi) is 5.59. The standard InChI is InChI=1S/C15H16BrN3OS/c1-3-6-11(13-7-5-9-21-13)18-12-10-17-19(8-4-2)15(20)14(12)16/h2,5,7,9-11,18H,3,6,8H2,1H3. The highest BCUT2D eigenvalue weighted by Crippen LogP contribution is 2.29. The van der Waals surface area contributed by atoms with Crippen LogP contribution in [0.3, 0.4) is 0 Å². The molecule has 110 valence electrons. The minimum absolute atomic E-state index is 0.168. The second-order valence-electron chi connectivity index (χ2n) is 4.54. The van der Waals surface area contributed by atoms with E-state index >= 15 is 0 Å². The fourth-order valence-electron chi connectivity index (χ4n) is 2.02. The lowest BCUT2D eigenvalue weighted by Crippen LogP contribution is -2.24. The maximum atomic E-state index is 12.1. The van der Waals surface area contributed by atoms with Crippen molar-refractivity contribution in [2.24, 2.45) is 0 Å². The van der Waals surface area contributed by atoms with Gasteiger partial charge in [0, 0.05) is 4.88 Å². The summed E-state index contributed by atoms with van der Waals surface area (Å²) in [4.78, 5) is 13.4. The molecule has 2 heterocycles. The summed E-state index contributed by atoms with van der Waals surface area (Å²) in [7, 11) is 0. The van der Waals surface area contributed by atoms with Gasteiger partial charge in [0.1, 0.15) is 11.0 Å². The molecule has 1 atom stereocenters. The molecule has 0 saturated heterocycles. The molecule has 4 nitrogen and oxygen atoms in total. The van der Waals surface area contributed by atoms with Crippen LogP contribution >= 0.6 is 27.3 Å². The normalized spacial score (nSPS) is 11.9. The van der Waals surface area contributed by atoms with E-state index < -0.39 is 0 Å². The molecule has 1 unspecified atom stereocenters. The van der Waals surface area contributed by atoms with Crippen LogP contribution < -0.4 is 10.9 Å². The van der Waals surface area contributed by atoms with E-state index in [1.54, 1.807) is 17.5 Å². The van der Waals surface area contributed by atoms with Crippen LogP contribution in [0.4, 0.5) is 5.69 Å². The fourth-order valence-corrected chi connectivity index (χ4v) is 3.25. The van der Waals surface area contributed by atoms with Crippen LogP contribution in [0, 0.1) is 12.3 Å². The van der Waals surface area contributed by atoms with Crippen molar-refractivity contribution >= 4 is 33.0 Å². The minimum Gasteiger partial charge on any atom is -0.375 e. The number of halogens is 1. The van der Waals surface area contributed by atoms with Crippen molar-refractivity contribution in [3.8, 4) is 12.3 Å². The second kappa shape index (κ2) is 7.43. The zero-order valence-corrected chi connectivity index (χ0v) is 14.1. The molecule has 21 heavy (non-hydrogen) atoms. The zero-order valence-electron chi connectivity index (χ0n) is 11.7. The highest BCUT2D eigenvalue weighted by molar-refractivity contribution is 9.10. The molecule has 2 rings (SSSR count). The Labute approximate surface area is 136 Å². The first-order chi connectivity index (χ1) is 10.2. The molecule has 0 aliphatic rings. The van der Waals surface area contributed by atoms with Gasteiger partial charge in [0.15, 0.2) is 0 Å². The first-order valence-electron chi connectivity index (χ1n) is 6.66. The molecule has 0 fully saturated rings. The van der Waals surface area contributed by atoms with Gasteiger partial charge in [0.25, 0.3) is 5.56 Å². The van der Waals surface area contributed by atoms with Gasteiger partial charge >= 0.3 is 0 Å². The number of hydrogen-bond acceptors (Lipinski definition) is 4. The highest BCUT2D eigenvalue weighted by Gasteiger charge is 2.15. The summed E-state index contributed by atoms with van der Waals surface area (Å²) in [6.07, 6.45) is 8.90.